The van der Waals surface area contributed by atoms with Crippen LogP contribution in [-0.2, 0) is 29.7 Å². The number of aromatic hydroxyl groups is 1. The van der Waals surface area contributed by atoms with Crippen molar-refractivity contribution in [3.8, 4) is 5.75 Å². The van der Waals surface area contributed by atoms with Crippen LogP contribution in [0.3, 0.4) is 0 Å². The van der Waals surface area contributed by atoms with Gasteiger partial charge in [-0.1, -0.05) is 29.8 Å². The Kier molecular flexibility index (Phi) is 6.00. The van der Waals surface area contributed by atoms with Gasteiger partial charge in [-0.2, -0.15) is 4.31 Å². The number of hydrogen-bond donors (Lipinski definition) is 2. The van der Waals surface area contributed by atoms with Crippen LogP contribution >= 0.6 is 0 Å². The molecule has 11 heteroatoms. The van der Waals surface area contributed by atoms with Crippen molar-refractivity contribution in [3.05, 3.63) is 87.3 Å². The van der Waals surface area contributed by atoms with Crippen LogP contribution in [-0.4, -0.2) is 39.8 Å². The molecule has 3 aromatic rings. The van der Waals surface area contributed by atoms with Crippen LogP contribution in [0.25, 0.3) is 0 Å². The molecule has 172 valence electrons. The van der Waals surface area contributed by atoms with Gasteiger partial charge < -0.3 is 10.4 Å². The molecule has 1 amide bonds. The molecule has 0 bridgehead atoms. The van der Waals surface area contributed by atoms with E-state index in [9.17, 15) is 27.5 Å². The molecule has 1 aliphatic heterocycles. The first-order valence-electron chi connectivity index (χ1n) is 10.1. The van der Waals surface area contributed by atoms with Crippen LogP contribution < -0.4 is 10.9 Å². The first-order valence-corrected chi connectivity index (χ1v) is 11.5. The highest BCUT2D eigenvalue weighted by molar-refractivity contribution is 7.89. The second kappa shape index (κ2) is 8.75. The first-order chi connectivity index (χ1) is 15.7. The lowest BCUT2D eigenvalue weighted by Gasteiger charge is -2.28. The van der Waals surface area contributed by atoms with Crippen molar-refractivity contribution in [3.63, 3.8) is 0 Å². The lowest BCUT2D eigenvalue weighted by atomic mass is 10.2. The Morgan fingerprint density at radius 3 is 2.45 bits per heavy atom. The summed E-state index contributed by atoms with van der Waals surface area (Å²) in [6, 6.07) is 11.8. The highest BCUT2D eigenvalue weighted by atomic mass is 32.2. The van der Waals surface area contributed by atoms with Crippen molar-refractivity contribution >= 4 is 15.9 Å². The number of carbonyl (C=O) groups excluding carboxylic acids is 1. The summed E-state index contributed by atoms with van der Waals surface area (Å²) in [6.07, 6.45) is 0. The van der Waals surface area contributed by atoms with Crippen LogP contribution in [0.15, 0.2) is 58.2 Å². The maximum Gasteiger partial charge on any atom is 0.296 e. The van der Waals surface area contributed by atoms with Gasteiger partial charge >= 0.3 is 0 Å². The fraction of sp³-hybridized carbons (Fsp3) is 0.227. The largest absolute Gasteiger partial charge is 0.501 e. The summed E-state index contributed by atoms with van der Waals surface area (Å²) in [7, 11) is -3.84. The number of halogens is 1. The van der Waals surface area contributed by atoms with Gasteiger partial charge in [-0.25, -0.2) is 17.8 Å². The molecule has 1 aliphatic rings. The Labute approximate surface area is 189 Å². The average molecular weight is 472 g/mol. The molecule has 0 radical (unpaired) electrons. The molecule has 2 heterocycles. The molecule has 0 atom stereocenters. The number of sulfonamides is 1. The van der Waals surface area contributed by atoms with Crippen molar-refractivity contribution in [2.24, 2.45) is 0 Å². The summed E-state index contributed by atoms with van der Waals surface area (Å²) < 4.78 is 41.4. The third-order valence-corrected chi connectivity index (χ3v) is 7.21. The van der Waals surface area contributed by atoms with Gasteiger partial charge in [0.15, 0.2) is 5.69 Å². The average Bonchev–Trinajstić information content (AvgIpc) is 2.80. The Morgan fingerprint density at radius 2 is 1.79 bits per heavy atom. The number of hydrogen-bond acceptors (Lipinski definition) is 6. The molecule has 1 aromatic heterocycles. The van der Waals surface area contributed by atoms with Gasteiger partial charge in [0.05, 0.1) is 11.4 Å². The van der Waals surface area contributed by atoms with Gasteiger partial charge in [-0.05, 0) is 36.8 Å². The van der Waals surface area contributed by atoms with Crippen molar-refractivity contribution < 1.29 is 22.7 Å². The number of nitrogens with zero attached hydrogens (tertiary/aromatic N) is 3. The number of nitrogens with one attached hydrogen (secondary N) is 1. The number of carbonyl (C=O) groups is 1. The minimum Gasteiger partial charge on any atom is -0.501 e. The van der Waals surface area contributed by atoms with E-state index < -0.39 is 38.8 Å². The molecule has 2 aromatic carbocycles. The van der Waals surface area contributed by atoms with Gasteiger partial charge in [0.2, 0.25) is 15.8 Å². The minimum absolute atomic E-state index is 0.0142. The zero-order valence-electron chi connectivity index (χ0n) is 17.7. The molecular formula is C22H21FN4O5S. The van der Waals surface area contributed by atoms with E-state index in [0.29, 0.717) is 5.56 Å². The summed E-state index contributed by atoms with van der Waals surface area (Å²) in [5.74, 6) is -2.00. The molecule has 4 rings (SSSR count). The van der Waals surface area contributed by atoms with Crippen LogP contribution in [0, 0.1) is 12.7 Å². The van der Waals surface area contributed by atoms with E-state index >= 15 is 0 Å². The first kappa shape index (κ1) is 22.6. The summed E-state index contributed by atoms with van der Waals surface area (Å²) in [5, 5.41) is 12.8. The zero-order valence-corrected chi connectivity index (χ0v) is 18.5. The van der Waals surface area contributed by atoms with Crippen LogP contribution in [0.5, 0.6) is 5.75 Å². The summed E-state index contributed by atoms with van der Waals surface area (Å²) in [4.78, 5) is 29.4. The third kappa shape index (κ3) is 4.50. The predicted molar refractivity (Wildman–Crippen MR) is 117 cm³/mol. The summed E-state index contributed by atoms with van der Waals surface area (Å²) >= 11 is 0. The quantitative estimate of drug-likeness (QED) is 0.581. The Balaban J connectivity index is 1.59. The highest BCUT2D eigenvalue weighted by Crippen LogP contribution is 2.22. The van der Waals surface area contributed by atoms with Crippen molar-refractivity contribution in [1.29, 1.82) is 0 Å². The summed E-state index contributed by atoms with van der Waals surface area (Å²) in [6.45, 7) is 1.63. The van der Waals surface area contributed by atoms with E-state index in [-0.39, 0.29) is 36.9 Å². The lowest BCUT2D eigenvalue weighted by molar-refractivity contribution is 0.0941. The summed E-state index contributed by atoms with van der Waals surface area (Å²) in [5.41, 5.74) is 0.203. The molecule has 0 fully saturated rings. The molecule has 0 unspecified atom stereocenters. The Morgan fingerprint density at radius 1 is 1.12 bits per heavy atom. The molecule has 33 heavy (non-hydrogen) atoms. The highest BCUT2D eigenvalue weighted by Gasteiger charge is 2.31. The number of aryl methyl sites for hydroxylation is 1. The van der Waals surface area contributed by atoms with Crippen molar-refractivity contribution in [2.75, 3.05) is 6.54 Å². The van der Waals surface area contributed by atoms with E-state index in [1.807, 2.05) is 6.92 Å². The normalized spacial score (nSPS) is 14.0. The van der Waals surface area contributed by atoms with Gasteiger partial charge in [0.25, 0.3) is 11.5 Å². The van der Waals surface area contributed by atoms with Crippen LogP contribution in [0.1, 0.15) is 27.4 Å². The number of aromatic nitrogens is 2. The number of amides is 1. The van der Waals surface area contributed by atoms with Gasteiger partial charge in [-0.3, -0.25) is 14.2 Å². The fourth-order valence-corrected chi connectivity index (χ4v) is 4.87. The number of rotatable bonds is 5. The van der Waals surface area contributed by atoms with E-state index in [1.54, 1.807) is 12.1 Å². The second-order valence-electron chi connectivity index (χ2n) is 7.64. The smallest absolute Gasteiger partial charge is 0.296 e. The van der Waals surface area contributed by atoms with Gasteiger partial charge in [0.1, 0.15) is 11.6 Å². The van der Waals surface area contributed by atoms with Gasteiger partial charge in [-0.15, -0.1) is 0 Å². The minimum atomic E-state index is -3.84. The molecule has 0 saturated carbocycles. The lowest BCUT2D eigenvalue weighted by Crippen LogP contribution is -2.43. The Bertz CT molecular complexity index is 1370. The standard InChI is InChI=1S/C22H21FN4O5S/c1-14-2-8-17(9-3-14)33(31,32)26-10-11-27-18(13-26)25-19(20(28)22(27)30)21(29)24-12-15-4-6-16(23)7-5-15/h2-9,28H,10-13H2,1H3,(H,24,29). The monoisotopic (exact) mass is 472 g/mol. The molecule has 9 nitrogen and oxygen atoms in total. The number of benzene rings is 2. The fourth-order valence-electron chi connectivity index (χ4n) is 3.48. The van der Waals surface area contributed by atoms with E-state index in [1.165, 1.54) is 40.7 Å². The third-order valence-electron chi connectivity index (χ3n) is 5.36. The Hall–Kier alpha value is -3.57. The van der Waals surface area contributed by atoms with Crippen LogP contribution in [0.2, 0.25) is 0 Å². The molecule has 0 spiro atoms. The SMILES string of the molecule is Cc1ccc(S(=O)(=O)N2CCn3c(nc(C(=O)NCc4ccc(F)cc4)c(O)c3=O)C2)cc1. The van der Waals surface area contributed by atoms with Crippen molar-refractivity contribution in [2.45, 2.75) is 31.5 Å². The molecule has 0 saturated heterocycles. The van der Waals surface area contributed by atoms with E-state index in [0.717, 1.165) is 10.1 Å². The second-order valence-corrected chi connectivity index (χ2v) is 9.58. The molecule has 0 aliphatic carbocycles. The zero-order chi connectivity index (χ0) is 23.8. The maximum absolute atomic E-state index is 13.0. The molecular weight excluding hydrogens is 451 g/mol. The van der Waals surface area contributed by atoms with Crippen molar-refractivity contribution in [1.82, 2.24) is 19.2 Å². The molecule has 2 N–H and O–H groups in total. The number of fused-ring (bicyclic) bond motifs is 1. The topological polar surface area (TPSA) is 122 Å². The van der Waals surface area contributed by atoms with Crippen LogP contribution in [0.4, 0.5) is 4.39 Å². The maximum atomic E-state index is 13.0. The van der Waals surface area contributed by atoms with E-state index in [2.05, 4.69) is 10.3 Å². The van der Waals surface area contributed by atoms with Gasteiger partial charge in [0, 0.05) is 19.6 Å². The van der Waals surface area contributed by atoms with E-state index in [4.69, 9.17) is 0 Å². The predicted octanol–water partition coefficient (Wildman–Crippen LogP) is 1.53.